The first-order valence-corrected chi connectivity index (χ1v) is 11.9. The molecule has 1 aliphatic heterocycles. The zero-order chi connectivity index (χ0) is 26.4. The largest absolute Gasteiger partial charge is 0.446 e. The van der Waals surface area contributed by atoms with Gasteiger partial charge in [-0.05, 0) is 84.8 Å². The summed E-state index contributed by atoms with van der Waals surface area (Å²) in [7, 11) is 0. The highest BCUT2D eigenvalue weighted by molar-refractivity contribution is 8.00. The number of anilines is 2. The summed E-state index contributed by atoms with van der Waals surface area (Å²) in [6.45, 7) is -0.00929. The average molecular weight is 531 g/mol. The molecule has 2 aromatic carbocycles. The van der Waals surface area contributed by atoms with Gasteiger partial charge in [0.05, 0.1) is 24.1 Å². The monoisotopic (exact) mass is 530 g/mol. The van der Waals surface area contributed by atoms with E-state index in [9.17, 15) is 31.9 Å². The Kier molecular flexibility index (Phi) is 6.14. The number of hydrogen-bond donors (Lipinski definition) is 1. The molecule has 1 spiro atoms. The SMILES string of the molecule is O=C(Nc1cnccc1CN1C(=O)N(c2ccc(SC(F)(F)F)cc2)C(=O)C12CC2)c1ccc(F)cc1. The van der Waals surface area contributed by atoms with Crippen molar-refractivity contribution in [2.45, 2.75) is 35.3 Å². The van der Waals surface area contributed by atoms with Crippen LogP contribution >= 0.6 is 11.8 Å². The van der Waals surface area contributed by atoms with Crippen molar-refractivity contribution < 1.29 is 31.9 Å². The summed E-state index contributed by atoms with van der Waals surface area (Å²) in [6, 6.07) is 11.0. The van der Waals surface area contributed by atoms with Crippen LogP contribution in [0.2, 0.25) is 0 Å². The maximum Gasteiger partial charge on any atom is 0.446 e. The lowest BCUT2D eigenvalue weighted by Gasteiger charge is -2.22. The molecule has 1 aromatic heterocycles. The van der Waals surface area contributed by atoms with Crippen molar-refractivity contribution in [3.05, 3.63) is 83.9 Å². The Hall–Kier alpha value is -3.93. The van der Waals surface area contributed by atoms with E-state index in [2.05, 4.69) is 10.3 Å². The lowest BCUT2D eigenvalue weighted by Crippen LogP contribution is -2.36. The van der Waals surface area contributed by atoms with Gasteiger partial charge in [-0.2, -0.15) is 13.2 Å². The van der Waals surface area contributed by atoms with Crippen molar-refractivity contribution in [3.63, 3.8) is 0 Å². The van der Waals surface area contributed by atoms with Gasteiger partial charge in [0.2, 0.25) is 0 Å². The molecular formula is C25H18F4N4O3S. The molecule has 0 unspecified atom stereocenters. The molecule has 12 heteroatoms. The quantitative estimate of drug-likeness (QED) is 0.255. The highest BCUT2D eigenvalue weighted by atomic mass is 32.2. The van der Waals surface area contributed by atoms with Crippen LogP contribution in [0.15, 0.2) is 71.9 Å². The van der Waals surface area contributed by atoms with Gasteiger partial charge in [0.15, 0.2) is 0 Å². The number of urea groups is 1. The Labute approximate surface area is 212 Å². The number of benzene rings is 2. The molecule has 4 amide bonds. The average Bonchev–Trinajstić information content (AvgIpc) is 3.62. The number of halogens is 4. The van der Waals surface area contributed by atoms with Gasteiger partial charge in [-0.1, -0.05) is 0 Å². The van der Waals surface area contributed by atoms with Gasteiger partial charge < -0.3 is 10.2 Å². The summed E-state index contributed by atoms with van der Waals surface area (Å²) in [6.07, 6.45) is 3.78. The summed E-state index contributed by atoms with van der Waals surface area (Å²) in [5.74, 6) is -1.43. The van der Waals surface area contributed by atoms with E-state index < -0.39 is 34.7 Å². The number of imide groups is 1. The second-order valence-corrected chi connectivity index (χ2v) is 9.71. The Bertz CT molecular complexity index is 1380. The highest BCUT2D eigenvalue weighted by Gasteiger charge is 2.65. The smallest absolute Gasteiger partial charge is 0.320 e. The fourth-order valence-corrected chi connectivity index (χ4v) is 4.74. The van der Waals surface area contributed by atoms with Crippen molar-refractivity contribution in [1.29, 1.82) is 0 Å². The summed E-state index contributed by atoms with van der Waals surface area (Å²) in [4.78, 5) is 45.6. The van der Waals surface area contributed by atoms with E-state index in [-0.39, 0.29) is 34.5 Å². The number of pyridine rings is 1. The first kappa shape index (κ1) is 24.8. The summed E-state index contributed by atoms with van der Waals surface area (Å²) < 4.78 is 51.2. The van der Waals surface area contributed by atoms with E-state index in [1.54, 1.807) is 6.07 Å². The Morgan fingerprint density at radius 3 is 2.32 bits per heavy atom. The molecule has 0 atom stereocenters. The molecule has 7 nitrogen and oxygen atoms in total. The van der Waals surface area contributed by atoms with Crippen molar-refractivity contribution in [2.75, 3.05) is 10.2 Å². The fourth-order valence-electron chi connectivity index (χ4n) is 4.20. The van der Waals surface area contributed by atoms with E-state index >= 15 is 0 Å². The van der Waals surface area contributed by atoms with Crippen LogP contribution in [-0.2, 0) is 11.3 Å². The molecule has 2 heterocycles. The van der Waals surface area contributed by atoms with Crippen LogP contribution in [0.1, 0.15) is 28.8 Å². The molecule has 190 valence electrons. The summed E-state index contributed by atoms with van der Waals surface area (Å²) >= 11 is -0.284. The van der Waals surface area contributed by atoms with E-state index in [0.29, 0.717) is 24.1 Å². The molecule has 1 N–H and O–H groups in total. The maximum atomic E-state index is 13.4. The van der Waals surface area contributed by atoms with Gasteiger partial charge in [0.1, 0.15) is 11.4 Å². The number of amides is 4. The molecule has 0 radical (unpaired) electrons. The zero-order valence-electron chi connectivity index (χ0n) is 19.0. The molecule has 1 aliphatic carbocycles. The maximum absolute atomic E-state index is 13.4. The van der Waals surface area contributed by atoms with Crippen molar-refractivity contribution in [2.24, 2.45) is 0 Å². The second kappa shape index (κ2) is 9.18. The van der Waals surface area contributed by atoms with Crippen LogP contribution in [0.5, 0.6) is 0 Å². The van der Waals surface area contributed by atoms with Gasteiger partial charge >= 0.3 is 11.5 Å². The normalized spacial score (nSPS) is 16.4. The Balaban J connectivity index is 1.37. The molecule has 3 aromatic rings. The van der Waals surface area contributed by atoms with E-state index in [1.807, 2.05) is 0 Å². The topological polar surface area (TPSA) is 82.6 Å². The van der Waals surface area contributed by atoms with Crippen molar-refractivity contribution in [3.8, 4) is 0 Å². The predicted molar refractivity (Wildman–Crippen MR) is 127 cm³/mol. The molecular weight excluding hydrogens is 512 g/mol. The molecule has 1 saturated carbocycles. The third-order valence-corrected chi connectivity index (χ3v) is 6.93. The van der Waals surface area contributed by atoms with Gasteiger partial charge in [-0.25, -0.2) is 14.1 Å². The molecule has 2 fully saturated rings. The Morgan fingerprint density at radius 2 is 1.70 bits per heavy atom. The molecule has 5 rings (SSSR count). The van der Waals surface area contributed by atoms with Crippen LogP contribution in [0.25, 0.3) is 0 Å². The van der Waals surface area contributed by atoms with E-state index in [1.165, 1.54) is 53.7 Å². The first-order chi connectivity index (χ1) is 17.6. The number of thioether (sulfide) groups is 1. The highest BCUT2D eigenvalue weighted by Crippen LogP contribution is 2.50. The third kappa shape index (κ3) is 4.88. The summed E-state index contributed by atoms with van der Waals surface area (Å²) in [5, 5.41) is 2.71. The lowest BCUT2D eigenvalue weighted by molar-refractivity contribution is -0.120. The van der Waals surface area contributed by atoms with E-state index in [0.717, 1.165) is 17.0 Å². The first-order valence-electron chi connectivity index (χ1n) is 11.1. The minimum atomic E-state index is -4.45. The van der Waals surface area contributed by atoms with Gasteiger partial charge in [-0.3, -0.25) is 14.6 Å². The zero-order valence-corrected chi connectivity index (χ0v) is 19.8. The minimum Gasteiger partial charge on any atom is -0.320 e. The molecule has 37 heavy (non-hydrogen) atoms. The van der Waals surface area contributed by atoms with E-state index in [4.69, 9.17) is 0 Å². The number of nitrogens with zero attached hydrogens (tertiary/aromatic N) is 3. The molecule has 2 aliphatic rings. The number of nitrogens with one attached hydrogen (secondary N) is 1. The molecule has 0 bridgehead atoms. The second-order valence-electron chi connectivity index (χ2n) is 8.58. The fraction of sp³-hybridized carbons (Fsp3) is 0.200. The number of carbonyl (C=O) groups excluding carboxylic acids is 3. The summed E-state index contributed by atoms with van der Waals surface area (Å²) in [5.41, 5.74) is -4.26. The predicted octanol–water partition coefficient (Wildman–Crippen LogP) is 5.59. The Morgan fingerprint density at radius 1 is 1.03 bits per heavy atom. The number of alkyl halides is 3. The van der Waals surface area contributed by atoms with Gasteiger partial charge in [0, 0.05) is 16.7 Å². The third-order valence-electron chi connectivity index (χ3n) is 6.19. The van der Waals surface area contributed by atoms with Crippen LogP contribution in [0.3, 0.4) is 0 Å². The van der Waals surface area contributed by atoms with Gasteiger partial charge in [-0.15, -0.1) is 0 Å². The van der Waals surface area contributed by atoms with Crippen LogP contribution in [-0.4, -0.2) is 38.8 Å². The lowest BCUT2D eigenvalue weighted by atomic mass is 10.1. The molecule has 1 saturated heterocycles. The number of aromatic nitrogens is 1. The van der Waals surface area contributed by atoms with Crippen molar-refractivity contribution in [1.82, 2.24) is 9.88 Å². The van der Waals surface area contributed by atoms with Gasteiger partial charge in [0.25, 0.3) is 11.8 Å². The van der Waals surface area contributed by atoms with Crippen LogP contribution in [0.4, 0.5) is 33.7 Å². The van der Waals surface area contributed by atoms with Crippen LogP contribution in [0, 0.1) is 5.82 Å². The minimum absolute atomic E-state index is 0.00929. The number of rotatable bonds is 6. The van der Waals surface area contributed by atoms with Crippen LogP contribution < -0.4 is 10.2 Å². The number of hydrogen-bond acceptors (Lipinski definition) is 5. The number of carbonyl (C=O) groups is 3. The standard InChI is InChI=1S/C25H18F4N4O3S/c26-17-3-1-15(2-4-17)21(34)31-20-13-30-12-9-16(20)14-32-23(36)33(22(35)24(32)10-11-24)18-5-7-19(8-6-18)37-25(27,28)29/h1-9,12-13H,10-11,14H2,(H,31,34). The van der Waals surface area contributed by atoms with Crippen molar-refractivity contribution >= 4 is 41.0 Å².